The molecule has 3 aromatic rings. The van der Waals surface area contributed by atoms with Gasteiger partial charge in [-0.1, -0.05) is 39.0 Å². The van der Waals surface area contributed by atoms with Crippen molar-refractivity contribution in [2.45, 2.75) is 33.1 Å². The van der Waals surface area contributed by atoms with Gasteiger partial charge in [0.1, 0.15) is 0 Å². The molecule has 0 amide bonds. The molecule has 5 heteroatoms. The number of pyridine rings is 1. The molecule has 0 saturated carbocycles. The van der Waals surface area contributed by atoms with Crippen LogP contribution in [0.25, 0.3) is 22.3 Å². The summed E-state index contributed by atoms with van der Waals surface area (Å²) in [5, 5.41) is 7.02. The number of nitrogens with zero attached hydrogens (tertiary/aromatic N) is 2. The van der Waals surface area contributed by atoms with Gasteiger partial charge in [0.05, 0.1) is 5.52 Å². The highest BCUT2D eigenvalue weighted by Gasteiger charge is 2.13. The summed E-state index contributed by atoms with van der Waals surface area (Å²) in [5.41, 5.74) is 4.43. The third kappa shape index (κ3) is 2.49. The number of benzene rings is 1. The van der Waals surface area contributed by atoms with Crippen LogP contribution in [0.1, 0.15) is 37.9 Å². The first-order chi connectivity index (χ1) is 10.1. The molecule has 4 nitrogen and oxygen atoms in total. The molecule has 0 atom stereocenters. The summed E-state index contributed by atoms with van der Waals surface area (Å²) in [6.07, 6.45) is 0.960. The van der Waals surface area contributed by atoms with Crippen LogP contribution in [0.15, 0.2) is 24.3 Å². The molecule has 1 aromatic carbocycles. The molecule has 0 aliphatic rings. The van der Waals surface area contributed by atoms with Gasteiger partial charge in [-0.3, -0.25) is 15.2 Å². The SMILES string of the molecule is CCc1cccc2c(-c3nc(=S)[nH][nH]3)cc(C(C)C)nc12. The lowest BCUT2D eigenvalue weighted by molar-refractivity contribution is 0.829. The van der Waals surface area contributed by atoms with Gasteiger partial charge < -0.3 is 0 Å². The molecule has 0 bridgehead atoms. The van der Waals surface area contributed by atoms with Crippen molar-refractivity contribution in [1.29, 1.82) is 0 Å². The zero-order valence-electron chi connectivity index (χ0n) is 12.4. The Morgan fingerprint density at radius 1 is 1.19 bits per heavy atom. The molecule has 0 radical (unpaired) electrons. The second kappa shape index (κ2) is 5.41. The topological polar surface area (TPSA) is 57.4 Å². The Bertz CT molecular complexity index is 845. The van der Waals surface area contributed by atoms with E-state index in [2.05, 4.69) is 60.2 Å². The van der Waals surface area contributed by atoms with Gasteiger partial charge in [0.2, 0.25) is 4.77 Å². The number of aromatic nitrogens is 4. The van der Waals surface area contributed by atoms with Crippen molar-refractivity contribution in [3.05, 3.63) is 40.3 Å². The molecule has 0 unspecified atom stereocenters. The Morgan fingerprint density at radius 3 is 2.62 bits per heavy atom. The number of hydrogen-bond donors (Lipinski definition) is 2. The van der Waals surface area contributed by atoms with Gasteiger partial charge >= 0.3 is 0 Å². The Hall–Kier alpha value is -2.01. The van der Waals surface area contributed by atoms with E-state index >= 15 is 0 Å². The summed E-state index contributed by atoms with van der Waals surface area (Å²) >= 11 is 5.08. The van der Waals surface area contributed by atoms with E-state index in [4.69, 9.17) is 17.2 Å². The fourth-order valence-electron chi connectivity index (χ4n) is 2.50. The summed E-state index contributed by atoms with van der Waals surface area (Å²) in [7, 11) is 0. The number of para-hydroxylation sites is 1. The molecule has 0 spiro atoms. The minimum absolute atomic E-state index is 0.361. The van der Waals surface area contributed by atoms with Crippen LogP contribution < -0.4 is 0 Å². The van der Waals surface area contributed by atoms with E-state index in [0.717, 1.165) is 34.4 Å². The summed E-state index contributed by atoms with van der Waals surface area (Å²) in [5.74, 6) is 1.13. The minimum Gasteiger partial charge on any atom is -0.282 e. The fraction of sp³-hybridized carbons (Fsp3) is 0.312. The van der Waals surface area contributed by atoms with E-state index < -0.39 is 0 Å². The van der Waals surface area contributed by atoms with E-state index in [1.165, 1.54) is 5.56 Å². The summed E-state index contributed by atoms with van der Waals surface area (Å²) < 4.78 is 0.465. The fourth-order valence-corrected chi connectivity index (χ4v) is 2.64. The summed E-state index contributed by atoms with van der Waals surface area (Å²) in [6.45, 7) is 6.46. The molecule has 2 aromatic heterocycles. The summed E-state index contributed by atoms with van der Waals surface area (Å²) in [4.78, 5) is 9.22. The van der Waals surface area contributed by atoms with Gasteiger partial charge in [0.15, 0.2) is 5.82 Å². The maximum Gasteiger partial charge on any atom is 0.213 e. The van der Waals surface area contributed by atoms with E-state index in [0.29, 0.717) is 10.7 Å². The Labute approximate surface area is 128 Å². The van der Waals surface area contributed by atoms with Crippen LogP contribution in [-0.2, 0) is 6.42 Å². The number of hydrogen-bond acceptors (Lipinski definition) is 3. The van der Waals surface area contributed by atoms with E-state index in [9.17, 15) is 0 Å². The molecule has 21 heavy (non-hydrogen) atoms. The van der Waals surface area contributed by atoms with Gasteiger partial charge in [-0.05, 0) is 36.2 Å². The van der Waals surface area contributed by atoms with Crippen LogP contribution in [0.2, 0.25) is 0 Å². The number of rotatable bonds is 3. The standard InChI is InChI=1S/C16H18N4S/c1-4-10-6-5-7-11-12(15-18-16(21)20-19-15)8-13(9(2)3)17-14(10)11/h5-9H,4H2,1-3H3,(H2,18,19,20,21). The van der Waals surface area contributed by atoms with Crippen molar-refractivity contribution >= 4 is 23.1 Å². The van der Waals surface area contributed by atoms with Gasteiger partial charge in [-0.2, -0.15) is 4.98 Å². The normalized spacial score (nSPS) is 11.4. The number of nitrogens with one attached hydrogen (secondary N) is 2. The van der Waals surface area contributed by atoms with E-state index in [-0.39, 0.29) is 0 Å². The Kier molecular flexibility index (Phi) is 3.59. The molecule has 0 saturated heterocycles. The highest BCUT2D eigenvalue weighted by Crippen LogP contribution is 2.30. The molecule has 108 valence electrons. The van der Waals surface area contributed by atoms with Crippen molar-refractivity contribution in [2.24, 2.45) is 0 Å². The Balaban J connectivity index is 2.38. The smallest absolute Gasteiger partial charge is 0.213 e. The molecular formula is C16H18N4S. The first-order valence-electron chi connectivity index (χ1n) is 7.17. The molecule has 0 fully saturated rings. The minimum atomic E-state index is 0.361. The molecule has 2 heterocycles. The largest absolute Gasteiger partial charge is 0.282 e. The first-order valence-corrected chi connectivity index (χ1v) is 7.58. The van der Waals surface area contributed by atoms with E-state index in [1.807, 2.05) is 0 Å². The van der Waals surface area contributed by atoms with Crippen LogP contribution in [0.3, 0.4) is 0 Å². The van der Waals surface area contributed by atoms with Gasteiger partial charge in [0.25, 0.3) is 0 Å². The zero-order chi connectivity index (χ0) is 15.0. The molecule has 0 aliphatic carbocycles. The van der Waals surface area contributed by atoms with Gasteiger partial charge in [0, 0.05) is 16.6 Å². The number of H-pyrrole nitrogens is 2. The van der Waals surface area contributed by atoms with Crippen LogP contribution in [-0.4, -0.2) is 20.2 Å². The summed E-state index contributed by atoms with van der Waals surface area (Å²) in [6, 6.07) is 8.40. The Morgan fingerprint density at radius 2 is 2.00 bits per heavy atom. The number of aromatic amines is 2. The maximum absolute atomic E-state index is 5.08. The quantitative estimate of drug-likeness (QED) is 0.706. The third-order valence-corrected chi connectivity index (χ3v) is 3.86. The van der Waals surface area contributed by atoms with Crippen molar-refractivity contribution in [3.63, 3.8) is 0 Å². The van der Waals surface area contributed by atoms with Crippen molar-refractivity contribution in [1.82, 2.24) is 20.2 Å². The predicted octanol–water partition coefficient (Wildman–Crippen LogP) is 4.37. The van der Waals surface area contributed by atoms with Gasteiger partial charge in [-0.25, -0.2) is 0 Å². The highest BCUT2D eigenvalue weighted by molar-refractivity contribution is 7.71. The second-order valence-electron chi connectivity index (χ2n) is 5.43. The van der Waals surface area contributed by atoms with E-state index in [1.54, 1.807) is 0 Å². The molecule has 2 N–H and O–H groups in total. The highest BCUT2D eigenvalue weighted by atomic mass is 32.1. The maximum atomic E-state index is 5.08. The average Bonchev–Trinajstić information content (AvgIpc) is 2.91. The molecule has 3 rings (SSSR count). The van der Waals surface area contributed by atoms with Crippen molar-refractivity contribution < 1.29 is 0 Å². The molecule has 0 aliphatic heterocycles. The average molecular weight is 298 g/mol. The van der Waals surface area contributed by atoms with Crippen LogP contribution in [0.5, 0.6) is 0 Å². The lowest BCUT2D eigenvalue weighted by Gasteiger charge is -2.12. The zero-order valence-corrected chi connectivity index (χ0v) is 13.2. The van der Waals surface area contributed by atoms with Gasteiger partial charge in [-0.15, -0.1) is 0 Å². The monoisotopic (exact) mass is 298 g/mol. The third-order valence-electron chi connectivity index (χ3n) is 3.67. The lowest BCUT2D eigenvalue weighted by Crippen LogP contribution is -1.98. The van der Waals surface area contributed by atoms with Crippen LogP contribution >= 0.6 is 12.2 Å². The second-order valence-corrected chi connectivity index (χ2v) is 5.82. The predicted molar refractivity (Wildman–Crippen MR) is 88.0 cm³/mol. The van der Waals surface area contributed by atoms with Crippen LogP contribution in [0, 0.1) is 4.77 Å². The van der Waals surface area contributed by atoms with Crippen molar-refractivity contribution in [3.8, 4) is 11.4 Å². The number of fused-ring (bicyclic) bond motifs is 1. The molecular weight excluding hydrogens is 280 g/mol. The van der Waals surface area contributed by atoms with Crippen molar-refractivity contribution in [2.75, 3.05) is 0 Å². The first kappa shape index (κ1) is 13.9. The van der Waals surface area contributed by atoms with Crippen LogP contribution in [0.4, 0.5) is 0 Å². The number of aryl methyl sites for hydroxylation is 1. The lowest BCUT2D eigenvalue weighted by atomic mass is 9.99.